The Labute approximate surface area is 136 Å². The fourth-order valence-corrected chi connectivity index (χ4v) is 2.99. The summed E-state index contributed by atoms with van der Waals surface area (Å²) in [6, 6.07) is 7.40. The molecule has 1 saturated heterocycles. The molecule has 3 rings (SSSR count). The van der Waals surface area contributed by atoms with E-state index in [0.717, 1.165) is 37.9 Å². The second-order valence-electron chi connectivity index (χ2n) is 6.14. The monoisotopic (exact) mass is 320 g/mol. The summed E-state index contributed by atoms with van der Waals surface area (Å²) in [4.78, 5) is 28.4. The van der Waals surface area contributed by atoms with Crippen molar-refractivity contribution < 1.29 is 9.59 Å². The number of carbonyl (C=O) groups is 2. The van der Waals surface area contributed by atoms with Crippen molar-refractivity contribution in [2.75, 3.05) is 26.2 Å². The molecule has 2 amide bonds. The van der Waals surface area contributed by atoms with E-state index in [0.29, 0.717) is 24.5 Å². The van der Waals surface area contributed by atoms with E-state index in [2.05, 4.69) is 0 Å². The summed E-state index contributed by atoms with van der Waals surface area (Å²) in [6.07, 6.45) is 3.33. The molecule has 2 fully saturated rings. The molecule has 0 bridgehead atoms. The van der Waals surface area contributed by atoms with Gasteiger partial charge in [-0.2, -0.15) is 0 Å². The zero-order valence-corrected chi connectivity index (χ0v) is 13.4. The number of halogens is 1. The van der Waals surface area contributed by atoms with Crippen molar-refractivity contribution >= 4 is 23.4 Å². The van der Waals surface area contributed by atoms with Gasteiger partial charge in [0.2, 0.25) is 11.8 Å². The maximum Gasteiger partial charge on any atom is 0.227 e. The lowest BCUT2D eigenvalue weighted by molar-refractivity contribution is -0.134. The van der Waals surface area contributed by atoms with Gasteiger partial charge in [-0.3, -0.25) is 9.59 Å². The molecule has 1 heterocycles. The summed E-state index contributed by atoms with van der Waals surface area (Å²) in [5, 5.41) is 0.681. The summed E-state index contributed by atoms with van der Waals surface area (Å²) in [6.45, 7) is 2.83. The summed E-state index contributed by atoms with van der Waals surface area (Å²) in [7, 11) is 0. The first-order chi connectivity index (χ1) is 10.6. The van der Waals surface area contributed by atoms with E-state index in [-0.39, 0.29) is 17.7 Å². The van der Waals surface area contributed by atoms with Crippen LogP contribution in [0, 0.1) is 5.92 Å². The van der Waals surface area contributed by atoms with E-state index in [4.69, 9.17) is 11.6 Å². The summed E-state index contributed by atoms with van der Waals surface area (Å²) in [5.74, 6) is 0.673. The van der Waals surface area contributed by atoms with E-state index >= 15 is 0 Å². The van der Waals surface area contributed by atoms with Gasteiger partial charge in [0, 0.05) is 37.1 Å². The molecule has 0 unspecified atom stereocenters. The van der Waals surface area contributed by atoms with E-state index in [1.54, 1.807) is 0 Å². The molecular formula is C17H21ClN2O2. The van der Waals surface area contributed by atoms with Gasteiger partial charge < -0.3 is 9.80 Å². The Morgan fingerprint density at radius 1 is 1.00 bits per heavy atom. The smallest absolute Gasteiger partial charge is 0.227 e. The van der Waals surface area contributed by atoms with Gasteiger partial charge >= 0.3 is 0 Å². The third-order valence-corrected chi connectivity index (χ3v) is 4.61. The number of rotatable bonds is 3. The Morgan fingerprint density at radius 3 is 2.32 bits per heavy atom. The van der Waals surface area contributed by atoms with E-state index < -0.39 is 0 Å². The predicted molar refractivity (Wildman–Crippen MR) is 85.7 cm³/mol. The second kappa shape index (κ2) is 6.69. The third-order valence-electron chi connectivity index (χ3n) is 4.36. The Hall–Kier alpha value is -1.55. The van der Waals surface area contributed by atoms with Gasteiger partial charge in [0.15, 0.2) is 0 Å². The minimum atomic E-state index is 0.128. The highest BCUT2D eigenvalue weighted by molar-refractivity contribution is 6.30. The van der Waals surface area contributed by atoms with Crippen LogP contribution in [0.3, 0.4) is 0 Å². The van der Waals surface area contributed by atoms with Gasteiger partial charge in [-0.1, -0.05) is 23.7 Å². The molecule has 2 aliphatic rings. The molecule has 4 nitrogen and oxygen atoms in total. The number of nitrogens with zero attached hydrogens (tertiary/aromatic N) is 2. The summed E-state index contributed by atoms with van der Waals surface area (Å²) >= 11 is 5.86. The molecule has 1 aliphatic heterocycles. The van der Waals surface area contributed by atoms with Gasteiger partial charge in [0.1, 0.15) is 0 Å². The van der Waals surface area contributed by atoms with Crippen molar-refractivity contribution in [3.63, 3.8) is 0 Å². The van der Waals surface area contributed by atoms with Crippen LogP contribution >= 0.6 is 11.6 Å². The average molecular weight is 321 g/mol. The zero-order valence-electron chi connectivity index (χ0n) is 12.6. The van der Waals surface area contributed by atoms with E-state index in [9.17, 15) is 9.59 Å². The largest absolute Gasteiger partial charge is 0.341 e. The SMILES string of the molecule is O=C(Cc1ccc(Cl)cc1)N1CCCN(C(=O)C2CC2)CC1. The number of benzene rings is 1. The van der Waals surface area contributed by atoms with Crippen LogP contribution in [0.4, 0.5) is 0 Å². The van der Waals surface area contributed by atoms with Crippen molar-refractivity contribution in [1.82, 2.24) is 9.80 Å². The lowest BCUT2D eigenvalue weighted by atomic mass is 10.1. The quantitative estimate of drug-likeness (QED) is 0.858. The van der Waals surface area contributed by atoms with E-state index in [1.165, 1.54) is 0 Å². The lowest BCUT2D eigenvalue weighted by Crippen LogP contribution is -2.38. The van der Waals surface area contributed by atoms with Crippen LogP contribution in [0.25, 0.3) is 0 Å². The number of hydrogen-bond donors (Lipinski definition) is 0. The molecule has 0 atom stereocenters. The lowest BCUT2D eigenvalue weighted by Gasteiger charge is -2.22. The van der Waals surface area contributed by atoms with Crippen LogP contribution in [-0.4, -0.2) is 47.8 Å². The van der Waals surface area contributed by atoms with Crippen molar-refractivity contribution in [3.05, 3.63) is 34.9 Å². The van der Waals surface area contributed by atoms with Crippen LogP contribution in [0.5, 0.6) is 0 Å². The van der Waals surface area contributed by atoms with Crippen molar-refractivity contribution in [1.29, 1.82) is 0 Å². The maximum atomic E-state index is 12.4. The number of hydrogen-bond acceptors (Lipinski definition) is 2. The van der Waals surface area contributed by atoms with Crippen LogP contribution in [-0.2, 0) is 16.0 Å². The highest BCUT2D eigenvalue weighted by Gasteiger charge is 2.34. The molecule has 22 heavy (non-hydrogen) atoms. The third kappa shape index (κ3) is 3.80. The molecule has 0 N–H and O–H groups in total. The van der Waals surface area contributed by atoms with Gasteiger partial charge in [0.05, 0.1) is 6.42 Å². The first kappa shape index (κ1) is 15.3. The van der Waals surface area contributed by atoms with Gasteiger partial charge in [-0.15, -0.1) is 0 Å². The molecule has 118 valence electrons. The van der Waals surface area contributed by atoms with Gasteiger partial charge in [-0.25, -0.2) is 0 Å². The number of amides is 2. The molecule has 1 aromatic rings. The van der Waals surface area contributed by atoms with E-state index in [1.807, 2.05) is 34.1 Å². The fourth-order valence-electron chi connectivity index (χ4n) is 2.86. The minimum Gasteiger partial charge on any atom is -0.341 e. The molecular weight excluding hydrogens is 300 g/mol. The highest BCUT2D eigenvalue weighted by Crippen LogP contribution is 2.31. The first-order valence-corrected chi connectivity index (χ1v) is 8.32. The predicted octanol–water partition coefficient (Wildman–Crippen LogP) is 2.35. The topological polar surface area (TPSA) is 40.6 Å². The average Bonchev–Trinajstić information content (AvgIpc) is 3.35. The molecule has 1 saturated carbocycles. The van der Waals surface area contributed by atoms with Gasteiger partial charge in [0.25, 0.3) is 0 Å². The molecule has 0 spiro atoms. The van der Waals surface area contributed by atoms with Crippen molar-refractivity contribution in [2.45, 2.75) is 25.7 Å². The molecule has 1 aliphatic carbocycles. The van der Waals surface area contributed by atoms with Crippen LogP contribution in [0.1, 0.15) is 24.8 Å². The van der Waals surface area contributed by atoms with Gasteiger partial charge in [-0.05, 0) is 37.0 Å². The maximum absolute atomic E-state index is 12.4. The fraction of sp³-hybridized carbons (Fsp3) is 0.529. The summed E-state index contributed by atoms with van der Waals surface area (Å²) in [5.41, 5.74) is 0.976. The molecule has 5 heteroatoms. The molecule has 1 aromatic carbocycles. The standard InChI is InChI=1S/C17H21ClN2O2/c18-15-6-2-13(3-7-15)12-16(21)19-8-1-9-20(11-10-19)17(22)14-4-5-14/h2-3,6-7,14H,1,4-5,8-12H2. The highest BCUT2D eigenvalue weighted by atomic mass is 35.5. The number of carbonyl (C=O) groups excluding carboxylic acids is 2. The van der Waals surface area contributed by atoms with Crippen LogP contribution in [0.2, 0.25) is 5.02 Å². The molecule has 0 aromatic heterocycles. The van der Waals surface area contributed by atoms with Crippen LogP contribution in [0.15, 0.2) is 24.3 Å². The Kier molecular flexibility index (Phi) is 4.67. The van der Waals surface area contributed by atoms with Crippen molar-refractivity contribution in [3.8, 4) is 0 Å². The Bertz CT molecular complexity index is 554. The minimum absolute atomic E-state index is 0.128. The summed E-state index contributed by atoms with van der Waals surface area (Å²) < 4.78 is 0. The normalized spacial score (nSPS) is 19.0. The zero-order chi connectivity index (χ0) is 15.5. The first-order valence-electron chi connectivity index (χ1n) is 7.94. The Morgan fingerprint density at radius 2 is 1.64 bits per heavy atom. The van der Waals surface area contributed by atoms with Crippen molar-refractivity contribution in [2.24, 2.45) is 5.92 Å². The second-order valence-corrected chi connectivity index (χ2v) is 6.57. The Balaban J connectivity index is 1.54. The molecule has 0 radical (unpaired) electrons. The van der Waals surface area contributed by atoms with Crippen LogP contribution < -0.4 is 0 Å².